The third-order valence-electron chi connectivity index (χ3n) is 4.74. The van der Waals surface area contributed by atoms with Gasteiger partial charge in [0.2, 0.25) is 15.9 Å². The van der Waals surface area contributed by atoms with E-state index in [0.29, 0.717) is 16.9 Å². The number of aryl methyl sites for hydroxylation is 1. The third-order valence-corrected chi connectivity index (χ3v) is 7.15. The van der Waals surface area contributed by atoms with E-state index < -0.39 is 27.8 Å². The lowest BCUT2D eigenvalue weighted by Crippen LogP contribution is -2.47. The van der Waals surface area contributed by atoms with Crippen molar-refractivity contribution in [3.8, 4) is 0 Å². The first kappa shape index (κ1) is 23.2. The molecular weight excluding hydrogens is 465 g/mol. The van der Waals surface area contributed by atoms with Gasteiger partial charge in [0.15, 0.2) is 0 Å². The van der Waals surface area contributed by atoms with Crippen molar-refractivity contribution in [1.82, 2.24) is 4.57 Å². The van der Waals surface area contributed by atoms with Crippen LogP contribution < -0.4 is 14.5 Å². The van der Waals surface area contributed by atoms with E-state index in [1.54, 1.807) is 29.7 Å². The van der Waals surface area contributed by atoms with E-state index in [0.717, 1.165) is 33.5 Å². The van der Waals surface area contributed by atoms with Crippen LogP contribution >= 0.6 is 22.9 Å². The molecule has 0 unspecified atom stereocenters. The number of nitrogens with zero attached hydrogens (tertiary/aromatic N) is 2. The number of fused-ring (bicyclic) bond motifs is 1. The largest absolute Gasteiger partial charge is 0.324 e. The van der Waals surface area contributed by atoms with Gasteiger partial charge in [-0.1, -0.05) is 29.9 Å². The number of halogens is 2. The van der Waals surface area contributed by atoms with Gasteiger partial charge in [-0.15, -0.1) is 0 Å². The summed E-state index contributed by atoms with van der Waals surface area (Å²) in [5.41, 5.74) is 1.29. The summed E-state index contributed by atoms with van der Waals surface area (Å²) in [4.78, 5) is 25.0. The molecular formula is C20H21ClFN3O4S2. The van der Waals surface area contributed by atoms with Crippen LogP contribution in [0.5, 0.6) is 0 Å². The Morgan fingerprint density at radius 2 is 1.97 bits per heavy atom. The van der Waals surface area contributed by atoms with Gasteiger partial charge < -0.3 is 5.32 Å². The topological polar surface area (TPSA) is 88.5 Å². The van der Waals surface area contributed by atoms with Crippen molar-refractivity contribution in [2.75, 3.05) is 15.9 Å². The van der Waals surface area contributed by atoms with Crippen LogP contribution in [0.4, 0.5) is 15.8 Å². The number of hydrogen-bond acceptors (Lipinski definition) is 5. The van der Waals surface area contributed by atoms with Crippen molar-refractivity contribution < 1.29 is 17.6 Å². The Morgan fingerprint density at radius 1 is 1.26 bits per heavy atom. The Bertz CT molecular complexity index is 1300. The highest BCUT2D eigenvalue weighted by molar-refractivity contribution is 7.92. The summed E-state index contributed by atoms with van der Waals surface area (Å²) >= 11 is 6.89. The number of amides is 1. The number of anilines is 2. The summed E-state index contributed by atoms with van der Waals surface area (Å²) in [6.07, 6.45) is 1.13. The molecule has 1 heterocycles. The molecule has 0 bridgehead atoms. The molecule has 11 heteroatoms. The Hall–Kier alpha value is -2.43. The summed E-state index contributed by atoms with van der Waals surface area (Å²) in [6.45, 7) is 4.08. The lowest BCUT2D eigenvalue weighted by atomic mass is 10.1. The SMILES string of the molecule is CC[C@@H](C(=O)Nc1ccc2c(c1)sc(=O)n2CC)N(c1ccc(F)c(Cl)c1)S(C)(=O)=O. The van der Waals surface area contributed by atoms with Crippen LogP contribution in [0.15, 0.2) is 41.2 Å². The van der Waals surface area contributed by atoms with Gasteiger partial charge in [0.1, 0.15) is 11.9 Å². The summed E-state index contributed by atoms with van der Waals surface area (Å²) in [5.74, 6) is -1.25. The Labute approximate surface area is 188 Å². The molecule has 0 saturated heterocycles. The molecule has 1 atom stereocenters. The highest BCUT2D eigenvalue weighted by atomic mass is 35.5. The quantitative estimate of drug-likeness (QED) is 0.546. The van der Waals surface area contributed by atoms with E-state index >= 15 is 0 Å². The number of carbonyl (C=O) groups excluding carboxylic acids is 1. The predicted molar refractivity (Wildman–Crippen MR) is 123 cm³/mol. The number of benzene rings is 2. The zero-order valence-electron chi connectivity index (χ0n) is 17.1. The highest BCUT2D eigenvalue weighted by Crippen LogP contribution is 2.28. The smallest absolute Gasteiger partial charge is 0.308 e. The lowest BCUT2D eigenvalue weighted by molar-refractivity contribution is -0.117. The fourth-order valence-electron chi connectivity index (χ4n) is 3.35. The molecule has 0 spiro atoms. The molecule has 0 fully saturated rings. The molecule has 0 radical (unpaired) electrons. The van der Waals surface area contributed by atoms with Crippen molar-refractivity contribution >= 4 is 60.5 Å². The van der Waals surface area contributed by atoms with Gasteiger partial charge in [0, 0.05) is 12.2 Å². The second kappa shape index (κ2) is 8.97. The van der Waals surface area contributed by atoms with Gasteiger partial charge >= 0.3 is 4.87 Å². The van der Waals surface area contributed by atoms with Crippen molar-refractivity contribution in [1.29, 1.82) is 0 Å². The van der Waals surface area contributed by atoms with E-state index in [4.69, 9.17) is 11.6 Å². The van der Waals surface area contributed by atoms with Crippen molar-refractivity contribution in [3.05, 3.63) is 56.9 Å². The van der Waals surface area contributed by atoms with Crippen molar-refractivity contribution in [2.24, 2.45) is 0 Å². The molecule has 0 aliphatic carbocycles. The lowest BCUT2D eigenvalue weighted by Gasteiger charge is -2.30. The maximum atomic E-state index is 13.6. The monoisotopic (exact) mass is 485 g/mol. The number of nitrogens with one attached hydrogen (secondary N) is 1. The first-order valence-electron chi connectivity index (χ1n) is 9.45. The average Bonchev–Trinajstić information content (AvgIpc) is 3.01. The molecule has 1 N–H and O–H groups in total. The van der Waals surface area contributed by atoms with Gasteiger partial charge in [-0.3, -0.25) is 18.5 Å². The van der Waals surface area contributed by atoms with Crippen molar-refractivity contribution in [3.63, 3.8) is 0 Å². The zero-order valence-corrected chi connectivity index (χ0v) is 19.4. The van der Waals surface area contributed by atoms with Crippen LogP contribution in [0.25, 0.3) is 10.2 Å². The van der Waals surface area contributed by atoms with Gasteiger partial charge in [-0.25, -0.2) is 12.8 Å². The summed E-state index contributed by atoms with van der Waals surface area (Å²) in [5, 5.41) is 2.48. The Kier molecular flexibility index (Phi) is 6.73. The molecule has 3 rings (SSSR count). The summed E-state index contributed by atoms with van der Waals surface area (Å²) in [7, 11) is -3.89. The number of thiazole rings is 1. The van der Waals surface area contributed by atoms with Crippen LogP contribution in [0.3, 0.4) is 0 Å². The first-order valence-corrected chi connectivity index (χ1v) is 12.5. The molecule has 31 heavy (non-hydrogen) atoms. The minimum Gasteiger partial charge on any atom is -0.324 e. The van der Waals surface area contributed by atoms with Crippen molar-refractivity contribution in [2.45, 2.75) is 32.9 Å². The number of carbonyl (C=O) groups is 1. The first-order chi connectivity index (χ1) is 14.6. The van der Waals surface area contributed by atoms with Crippen LogP contribution in [-0.2, 0) is 21.4 Å². The molecule has 1 amide bonds. The van der Waals surface area contributed by atoms with Crippen LogP contribution in [0, 0.1) is 5.82 Å². The number of aromatic nitrogens is 1. The fourth-order valence-corrected chi connectivity index (χ4v) is 5.72. The van der Waals surface area contributed by atoms with E-state index in [1.165, 1.54) is 12.1 Å². The standard InChI is InChI=1S/C20H21ClFN3O4S2/c1-4-16(25(31(3,28)29)13-7-8-15(22)14(21)11-13)19(26)23-12-6-9-17-18(10-12)30-20(27)24(17)5-2/h6-11,16H,4-5H2,1-3H3,(H,23,26)/t16-/m0/s1. The number of rotatable bonds is 7. The highest BCUT2D eigenvalue weighted by Gasteiger charge is 2.32. The van der Waals surface area contributed by atoms with Crippen LogP contribution in [0.1, 0.15) is 20.3 Å². The number of sulfonamides is 1. The molecule has 2 aromatic carbocycles. The predicted octanol–water partition coefficient (Wildman–Crippen LogP) is 4.06. The normalized spacial score (nSPS) is 12.7. The summed E-state index contributed by atoms with van der Waals surface area (Å²) < 4.78 is 41.9. The second-order valence-electron chi connectivity index (χ2n) is 6.87. The number of hydrogen-bond donors (Lipinski definition) is 1. The van der Waals surface area contributed by atoms with E-state index in [-0.39, 0.29) is 22.0 Å². The van der Waals surface area contributed by atoms with Crippen LogP contribution in [0.2, 0.25) is 5.02 Å². The Morgan fingerprint density at radius 3 is 2.55 bits per heavy atom. The Balaban J connectivity index is 1.95. The molecule has 0 aliphatic rings. The third kappa shape index (κ3) is 4.76. The second-order valence-corrected chi connectivity index (χ2v) is 10.1. The van der Waals surface area contributed by atoms with E-state index in [9.17, 15) is 22.4 Å². The average molecular weight is 486 g/mol. The molecule has 166 valence electrons. The van der Waals surface area contributed by atoms with Crippen LogP contribution in [-0.4, -0.2) is 31.2 Å². The molecule has 7 nitrogen and oxygen atoms in total. The van der Waals surface area contributed by atoms with Gasteiger partial charge in [-0.05, 0) is 49.7 Å². The fraction of sp³-hybridized carbons (Fsp3) is 0.300. The molecule has 1 aromatic heterocycles. The van der Waals surface area contributed by atoms with E-state index in [1.807, 2.05) is 6.92 Å². The van der Waals surface area contributed by atoms with Gasteiger partial charge in [-0.2, -0.15) is 0 Å². The maximum absolute atomic E-state index is 13.6. The van der Waals surface area contributed by atoms with Gasteiger partial charge in [0.05, 0.1) is 27.2 Å². The molecule has 3 aromatic rings. The maximum Gasteiger partial charge on any atom is 0.308 e. The minimum atomic E-state index is -3.89. The molecule has 0 saturated carbocycles. The minimum absolute atomic E-state index is 0.0876. The molecule has 0 aliphatic heterocycles. The van der Waals surface area contributed by atoms with Gasteiger partial charge in [0.25, 0.3) is 0 Å². The zero-order chi connectivity index (χ0) is 22.9. The van der Waals surface area contributed by atoms with E-state index in [2.05, 4.69) is 5.32 Å². The summed E-state index contributed by atoms with van der Waals surface area (Å²) in [6, 6.07) is 7.46.